The summed E-state index contributed by atoms with van der Waals surface area (Å²) in [6.45, 7) is 2.62. The molecule has 3 aromatic rings. The Morgan fingerprint density at radius 1 is 1.23 bits per heavy atom. The zero-order valence-corrected chi connectivity index (χ0v) is 14.2. The Morgan fingerprint density at radius 3 is 2.68 bits per heavy atom. The molecular weight excluding hydrogens is 364 g/mol. The summed E-state index contributed by atoms with van der Waals surface area (Å²) >= 11 is 9.58. The number of aromatic nitrogens is 1. The van der Waals surface area contributed by atoms with Gasteiger partial charge in [-0.25, -0.2) is 0 Å². The Morgan fingerprint density at radius 2 is 1.95 bits per heavy atom. The van der Waals surface area contributed by atoms with Crippen molar-refractivity contribution in [2.24, 2.45) is 4.99 Å². The average molecular weight is 378 g/mol. The van der Waals surface area contributed by atoms with Gasteiger partial charge >= 0.3 is 0 Å². The van der Waals surface area contributed by atoms with Gasteiger partial charge in [-0.1, -0.05) is 41.4 Å². The molecule has 3 rings (SSSR count). The van der Waals surface area contributed by atoms with Crippen LogP contribution in [-0.2, 0) is 6.54 Å². The molecule has 0 aliphatic heterocycles. The number of halogens is 2. The van der Waals surface area contributed by atoms with Gasteiger partial charge in [0, 0.05) is 10.7 Å². The molecule has 22 heavy (non-hydrogen) atoms. The lowest BCUT2D eigenvalue weighted by Gasteiger charge is -1.98. The highest BCUT2D eigenvalue weighted by atomic mass is 79.9. The molecule has 0 saturated carbocycles. The fraction of sp³-hybridized carbons (Fsp3) is 0.118. The van der Waals surface area contributed by atoms with Gasteiger partial charge in [-0.15, -0.1) is 0 Å². The summed E-state index contributed by atoms with van der Waals surface area (Å²) in [7, 11) is 0. The minimum atomic E-state index is 0.119. The van der Waals surface area contributed by atoms with E-state index in [0.29, 0.717) is 22.6 Å². The van der Waals surface area contributed by atoms with Crippen molar-refractivity contribution in [2.45, 2.75) is 13.5 Å². The number of H-pyrrole nitrogens is 1. The third-order valence-corrected chi connectivity index (χ3v) is 4.75. The van der Waals surface area contributed by atoms with Crippen molar-refractivity contribution in [3.8, 4) is 5.75 Å². The van der Waals surface area contributed by atoms with E-state index in [4.69, 9.17) is 11.6 Å². The third kappa shape index (κ3) is 2.89. The number of fused-ring (bicyclic) bond motifs is 1. The monoisotopic (exact) mass is 376 g/mol. The Kier molecular flexibility index (Phi) is 4.23. The Balaban J connectivity index is 1.87. The van der Waals surface area contributed by atoms with Gasteiger partial charge in [-0.2, -0.15) is 0 Å². The van der Waals surface area contributed by atoms with Crippen LogP contribution in [0, 0.1) is 6.92 Å². The maximum absolute atomic E-state index is 10.3. The molecule has 0 spiro atoms. The van der Waals surface area contributed by atoms with Crippen LogP contribution in [0.15, 0.2) is 45.9 Å². The molecule has 5 heteroatoms. The average Bonchev–Trinajstić information content (AvgIpc) is 2.82. The van der Waals surface area contributed by atoms with Gasteiger partial charge in [-0.05, 0) is 40.5 Å². The summed E-state index contributed by atoms with van der Waals surface area (Å²) in [5.41, 5.74) is 3.68. The lowest BCUT2D eigenvalue weighted by atomic mass is 10.1. The van der Waals surface area contributed by atoms with Crippen molar-refractivity contribution in [3.05, 3.63) is 62.7 Å². The third-order valence-electron chi connectivity index (χ3n) is 3.47. The molecule has 0 fully saturated rings. The molecule has 3 nitrogen and oxygen atoms in total. The fourth-order valence-electron chi connectivity index (χ4n) is 2.25. The summed E-state index contributed by atoms with van der Waals surface area (Å²) in [6, 6.07) is 11.9. The number of hydrogen-bond acceptors (Lipinski definition) is 2. The molecule has 112 valence electrons. The fourth-order valence-corrected chi connectivity index (χ4v) is 2.84. The molecule has 0 radical (unpaired) electrons. The van der Waals surface area contributed by atoms with Gasteiger partial charge in [0.25, 0.3) is 0 Å². The second kappa shape index (κ2) is 6.15. The Labute approximate surface area is 141 Å². The molecule has 1 heterocycles. The van der Waals surface area contributed by atoms with Gasteiger partial charge in [-0.3, -0.25) is 4.99 Å². The minimum absolute atomic E-state index is 0.119. The van der Waals surface area contributed by atoms with Crippen LogP contribution in [0.25, 0.3) is 10.9 Å². The molecule has 0 unspecified atom stereocenters. The lowest BCUT2D eigenvalue weighted by Crippen LogP contribution is -1.85. The van der Waals surface area contributed by atoms with E-state index in [-0.39, 0.29) is 5.75 Å². The molecule has 2 N–H and O–H groups in total. The van der Waals surface area contributed by atoms with E-state index in [2.05, 4.69) is 45.0 Å². The quantitative estimate of drug-likeness (QED) is 0.604. The van der Waals surface area contributed by atoms with Gasteiger partial charge < -0.3 is 10.1 Å². The maximum atomic E-state index is 10.3. The van der Waals surface area contributed by atoms with Gasteiger partial charge in [0.05, 0.1) is 28.2 Å². The van der Waals surface area contributed by atoms with E-state index in [9.17, 15) is 5.11 Å². The standard InChI is InChI=1S/C17H14BrClN2O/c1-10-2-4-11(5-3-10)8-20-9-14-17(22)15-13(21-14)7-6-12(18)16(15)19/h2-7,9,21-22H,8H2,1H3. The number of aromatic amines is 1. The summed E-state index contributed by atoms with van der Waals surface area (Å²) in [4.78, 5) is 7.50. The Hall–Kier alpha value is -1.78. The number of aliphatic imine (C=N–C) groups is 1. The first-order chi connectivity index (χ1) is 10.6. The van der Waals surface area contributed by atoms with Crippen LogP contribution in [0.4, 0.5) is 0 Å². The van der Waals surface area contributed by atoms with Crippen molar-refractivity contribution in [1.82, 2.24) is 4.98 Å². The minimum Gasteiger partial charge on any atom is -0.505 e. The summed E-state index contributed by atoms with van der Waals surface area (Å²) < 4.78 is 0.749. The van der Waals surface area contributed by atoms with Gasteiger partial charge in [0.1, 0.15) is 0 Å². The van der Waals surface area contributed by atoms with Crippen LogP contribution in [0.5, 0.6) is 5.75 Å². The first-order valence-electron chi connectivity index (χ1n) is 6.80. The molecule has 0 aliphatic carbocycles. The molecule has 0 amide bonds. The number of hydrogen-bond donors (Lipinski definition) is 2. The van der Waals surface area contributed by atoms with Crippen molar-refractivity contribution < 1.29 is 5.11 Å². The van der Waals surface area contributed by atoms with Crippen LogP contribution in [0.2, 0.25) is 5.02 Å². The summed E-state index contributed by atoms with van der Waals surface area (Å²) in [5.74, 6) is 0.119. The maximum Gasteiger partial charge on any atom is 0.151 e. The highest BCUT2D eigenvalue weighted by molar-refractivity contribution is 9.10. The molecule has 0 saturated heterocycles. The molecule has 2 aromatic carbocycles. The van der Waals surface area contributed by atoms with Crippen molar-refractivity contribution >= 4 is 44.6 Å². The predicted molar refractivity (Wildman–Crippen MR) is 95.2 cm³/mol. The molecule has 0 atom stereocenters. The van der Waals surface area contributed by atoms with Crippen LogP contribution in [0.1, 0.15) is 16.8 Å². The topological polar surface area (TPSA) is 48.4 Å². The number of rotatable bonds is 3. The zero-order valence-electron chi connectivity index (χ0n) is 11.9. The van der Waals surface area contributed by atoms with Crippen LogP contribution < -0.4 is 0 Å². The molecule has 0 aliphatic rings. The van der Waals surface area contributed by atoms with Crippen molar-refractivity contribution in [2.75, 3.05) is 0 Å². The van der Waals surface area contributed by atoms with E-state index < -0.39 is 0 Å². The number of nitrogens with one attached hydrogen (secondary N) is 1. The lowest BCUT2D eigenvalue weighted by molar-refractivity contribution is 0.480. The first kappa shape index (κ1) is 15.1. The van der Waals surface area contributed by atoms with E-state index in [0.717, 1.165) is 15.6 Å². The number of aromatic hydroxyl groups is 1. The summed E-state index contributed by atoms with van der Waals surface area (Å²) in [6.07, 6.45) is 1.64. The first-order valence-corrected chi connectivity index (χ1v) is 7.97. The second-order valence-corrected chi connectivity index (χ2v) is 6.36. The van der Waals surface area contributed by atoms with E-state index in [1.807, 2.05) is 24.3 Å². The van der Waals surface area contributed by atoms with Gasteiger partial charge in [0.15, 0.2) is 5.75 Å². The molecule has 1 aromatic heterocycles. The van der Waals surface area contributed by atoms with E-state index in [1.165, 1.54) is 5.56 Å². The van der Waals surface area contributed by atoms with Crippen LogP contribution in [0.3, 0.4) is 0 Å². The van der Waals surface area contributed by atoms with E-state index >= 15 is 0 Å². The Bertz CT molecular complexity index is 853. The highest BCUT2D eigenvalue weighted by Gasteiger charge is 2.13. The second-order valence-electron chi connectivity index (χ2n) is 5.13. The van der Waals surface area contributed by atoms with Crippen molar-refractivity contribution in [1.29, 1.82) is 0 Å². The number of benzene rings is 2. The van der Waals surface area contributed by atoms with Gasteiger partial charge in [0.2, 0.25) is 0 Å². The highest BCUT2D eigenvalue weighted by Crippen LogP contribution is 2.38. The smallest absolute Gasteiger partial charge is 0.151 e. The van der Waals surface area contributed by atoms with Crippen LogP contribution >= 0.6 is 27.5 Å². The predicted octanol–water partition coefficient (Wildman–Crippen LogP) is 5.22. The number of nitrogens with zero attached hydrogens (tertiary/aromatic N) is 1. The van der Waals surface area contributed by atoms with Crippen LogP contribution in [-0.4, -0.2) is 16.3 Å². The number of aryl methyl sites for hydroxylation is 1. The SMILES string of the molecule is Cc1ccc(CN=Cc2[nH]c3ccc(Br)c(Cl)c3c2O)cc1. The van der Waals surface area contributed by atoms with Crippen molar-refractivity contribution in [3.63, 3.8) is 0 Å². The normalized spacial score (nSPS) is 11.6. The zero-order chi connectivity index (χ0) is 15.7. The largest absolute Gasteiger partial charge is 0.505 e. The molecule has 0 bridgehead atoms. The molecular formula is C17H14BrClN2O. The summed E-state index contributed by atoms with van der Waals surface area (Å²) in [5, 5.41) is 11.4. The van der Waals surface area contributed by atoms with E-state index in [1.54, 1.807) is 6.21 Å².